The largest absolute Gasteiger partial charge is 0.355 e. The van der Waals surface area contributed by atoms with Gasteiger partial charge in [0.15, 0.2) is 0 Å². The SMILES string of the molecule is O=C(NCCC1=CCCCC1)C1CCCc2ccccc21. The number of fused-ring (bicyclic) bond motifs is 1. The summed E-state index contributed by atoms with van der Waals surface area (Å²) in [6.07, 6.45) is 11.7. The van der Waals surface area contributed by atoms with Crippen LogP contribution in [0.4, 0.5) is 0 Å². The van der Waals surface area contributed by atoms with Crippen molar-refractivity contribution in [1.29, 1.82) is 0 Å². The maximum atomic E-state index is 12.5. The molecule has 1 atom stereocenters. The molecule has 2 heteroatoms. The third-order valence-corrected chi connectivity index (χ3v) is 4.82. The fourth-order valence-electron chi connectivity index (χ4n) is 3.63. The molecule has 1 N–H and O–H groups in total. The van der Waals surface area contributed by atoms with Crippen LogP contribution in [0.2, 0.25) is 0 Å². The molecule has 0 fully saturated rings. The standard InChI is InChI=1S/C19H25NO/c21-19(20-14-13-15-7-2-1-3-8-15)18-12-6-10-16-9-4-5-11-17(16)18/h4-5,7,9,11,18H,1-3,6,8,10,12-14H2,(H,20,21). The van der Waals surface area contributed by atoms with Crippen LogP contribution in [-0.4, -0.2) is 12.5 Å². The lowest BCUT2D eigenvalue weighted by Gasteiger charge is -2.24. The lowest BCUT2D eigenvalue weighted by molar-refractivity contribution is -0.122. The van der Waals surface area contributed by atoms with Crippen molar-refractivity contribution >= 4 is 5.91 Å². The number of nitrogens with one attached hydrogen (secondary N) is 1. The van der Waals surface area contributed by atoms with Gasteiger partial charge in [-0.05, 0) is 62.5 Å². The Balaban J connectivity index is 1.55. The molecule has 3 rings (SSSR count). The van der Waals surface area contributed by atoms with Crippen molar-refractivity contribution in [3.63, 3.8) is 0 Å². The minimum atomic E-state index is 0.0651. The zero-order chi connectivity index (χ0) is 14.5. The van der Waals surface area contributed by atoms with Crippen LogP contribution in [0.15, 0.2) is 35.9 Å². The molecule has 0 saturated heterocycles. The molecule has 1 unspecified atom stereocenters. The molecule has 2 aliphatic carbocycles. The smallest absolute Gasteiger partial charge is 0.227 e. The highest BCUT2D eigenvalue weighted by Gasteiger charge is 2.25. The molecule has 0 aromatic heterocycles. The van der Waals surface area contributed by atoms with Crippen LogP contribution in [0.1, 0.15) is 62.0 Å². The van der Waals surface area contributed by atoms with Crippen LogP contribution in [0, 0.1) is 0 Å². The first-order valence-corrected chi connectivity index (χ1v) is 8.38. The summed E-state index contributed by atoms with van der Waals surface area (Å²) in [6.45, 7) is 0.795. The first-order chi connectivity index (χ1) is 10.3. The molecule has 2 nitrogen and oxygen atoms in total. The topological polar surface area (TPSA) is 29.1 Å². The molecule has 0 heterocycles. The Morgan fingerprint density at radius 2 is 2.05 bits per heavy atom. The Kier molecular flexibility index (Phi) is 4.74. The van der Waals surface area contributed by atoms with Gasteiger partial charge in [0.25, 0.3) is 0 Å². The molecule has 0 radical (unpaired) electrons. The van der Waals surface area contributed by atoms with Gasteiger partial charge in [-0.1, -0.05) is 35.9 Å². The van der Waals surface area contributed by atoms with Gasteiger partial charge < -0.3 is 5.32 Å². The second kappa shape index (κ2) is 6.93. The molecule has 2 aliphatic rings. The van der Waals surface area contributed by atoms with E-state index in [4.69, 9.17) is 0 Å². The minimum Gasteiger partial charge on any atom is -0.355 e. The molecule has 0 saturated carbocycles. The summed E-state index contributed by atoms with van der Waals surface area (Å²) < 4.78 is 0. The molecule has 21 heavy (non-hydrogen) atoms. The summed E-state index contributed by atoms with van der Waals surface area (Å²) in [6, 6.07) is 8.43. The molecule has 0 bridgehead atoms. The van der Waals surface area contributed by atoms with E-state index in [-0.39, 0.29) is 11.8 Å². The first-order valence-electron chi connectivity index (χ1n) is 8.38. The Bertz CT molecular complexity index is 532. The molecule has 0 aliphatic heterocycles. The maximum absolute atomic E-state index is 12.5. The highest BCUT2D eigenvalue weighted by molar-refractivity contribution is 5.84. The van der Waals surface area contributed by atoms with Crippen LogP contribution < -0.4 is 5.32 Å². The summed E-state index contributed by atoms with van der Waals surface area (Å²) in [5, 5.41) is 3.16. The van der Waals surface area contributed by atoms with Crippen molar-refractivity contribution in [2.24, 2.45) is 0 Å². The van der Waals surface area contributed by atoms with Crippen molar-refractivity contribution < 1.29 is 4.79 Å². The van der Waals surface area contributed by atoms with Crippen molar-refractivity contribution in [3.8, 4) is 0 Å². The maximum Gasteiger partial charge on any atom is 0.227 e. The van der Waals surface area contributed by atoms with Gasteiger partial charge in [0.05, 0.1) is 5.92 Å². The molecule has 112 valence electrons. The van der Waals surface area contributed by atoms with E-state index in [1.165, 1.54) is 42.4 Å². The number of hydrogen-bond acceptors (Lipinski definition) is 1. The third kappa shape index (κ3) is 3.55. The van der Waals surface area contributed by atoms with Crippen LogP contribution in [-0.2, 0) is 11.2 Å². The molecular weight excluding hydrogens is 258 g/mol. The summed E-state index contributed by atoms with van der Waals surface area (Å²) in [5.41, 5.74) is 4.14. The van der Waals surface area contributed by atoms with E-state index in [9.17, 15) is 4.79 Å². The number of rotatable bonds is 4. The van der Waals surface area contributed by atoms with Crippen LogP contribution in [0.5, 0.6) is 0 Å². The van der Waals surface area contributed by atoms with E-state index >= 15 is 0 Å². The number of aryl methyl sites for hydroxylation is 1. The third-order valence-electron chi connectivity index (χ3n) is 4.82. The predicted octanol–water partition coefficient (Wildman–Crippen LogP) is 4.11. The zero-order valence-electron chi connectivity index (χ0n) is 12.7. The molecular formula is C19H25NO. The first kappa shape index (κ1) is 14.4. The Morgan fingerprint density at radius 1 is 1.14 bits per heavy atom. The van der Waals surface area contributed by atoms with Crippen molar-refractivity contribution in [2.75, 3.05) is 6.54 Å². The number of benzene rings is 1. The van der Waals surface area contributed by atoms with Crippen LogP contribution in [0.3, 0.4) is 0 Å². The van der Waals surface area contributed by atoms with Crippen molar-refractivity contribution in [3.05, 3.63) is 47.0 Å². The van der Waals surface area contributed by atoms with Gasteiger partial charge in [0, 0.05) is 6.54 Å². The van der Waals surface area contributed by atoms with Gasteiger partial charge in [-0.2, -0.15) is 0 Å². The van der Waals surface area contributed by atoms with Crippen LogP contribution >= 0.6 is 0 Å². The van der Waals surface area contributed by atoms with Gasteiger partial charge in [-0.25, -0.2) is 0 Å². The van der Waals surface area contributed by atoms with Gasteiger partial charge in [-0.3, -0.25) is 4.79 Å². The van der Waals surface area contributed by atoms with Crippen LogP contribution in [0.25, 0.3) is 0 Å². The zero-order valence-corrected chi connectivity index (χ0v) is 12.7. The van der Waals surface area contributed by atoms with E-state index in [0.717, 1.165) is 32.2 Å². The molecule has 1 amide bonds. The number of carbonyl (C=O) groups excluding carboxylic acids is 1. The second-order valence-electron chi connectivity index (χ2n) is 6.29. The van der Waals surface area contributed by atoms with E-state index in [1.807, 2.05) is 0 Å². The Morgan fingerprint density at radius 3 is 2.90 bits per heavy atom. The summed E-state index contributed by atoms with van der Waals surface area (Å²) in [5.74, 6) is 0.286. The Labute approximate surface area is 127 Å². The van der Waals surface area contributed by atoms with E-state index < -0.39 is 0 Å². The monoisotopic (exact) mass is 283 g/mol. The van der Waals surface area contributed by atoms with Gasteiger partial charge >= 0.3 is 0 Å². The fourth-order valence-corrected chi connectivity index (χ4v) is 3.63. The number of hydrogen-bond donors (Lipinski definition) is 1. The predicted molar refractivity (Wildman–Crippen MR) is 86.3 cm³/mol. The summed E-state index contributed by atoms with van der Waals surface area (Å²) >= 11 is 0. The highest BCUT2D eigenvalue weighted by atomic mass is 16.1. The van der Waals surface area contributed by atoms with E-state index in [0.29, 0.717) is 0 Å². The van der Waals surface area contributed by atoms with Gasteiger partial charge in [-0.15, -0.1) is 0 Å². The lowest BCUT2D eigenvalue weighted by Crippen LogP contribution is -2.32. The van der Waals surface area contributed by atoms with E-state index in [1.54, 1.807) is 0 Å². The average Bonchev–Trinajstić information content (AvgIpc) is 2.55. The Hall–Kier alpha value is -1.57. The summed E-state index contributed by atoms with van der Waals surface area (Å²) in [7, 11) is 0. The number of allylic oxidation sites excluding steroid dienone is 1. The van der Waals surface area contributed by atoms with Crippen molar-refractivity contribution in [1.82, 2.24) is 5.32 Å². The van der Waals surface area contributed by atoms with Gasteiger partial charge in [0.1, 0.15) is 0 Å². The lowest BCUT2D eigenvalue weighted by atomic mass is 9.82. The minimum absolute atomic E-state index is 0.0651. The molecule has 1 aromatic rings. The number of carbonyl (C=O) groups is 1. The van der Waals surface area contributed by atoms with Crippen molar-refractivity contribution in [2.45, 2.75) is 57.3 Å². The highest BCUT2D eigenvalue weighted by Crippen LogP contribution is 2.31. The molecule has 0 spiro atoms. The quantitative estimate of drug-likeness (QED) is 0.828. The second-order valence-corrected chi connectivity index (χ2v) is 6.29. The summed E-state index contributed by atoms with van der Waals surface area (Å²) in [4.78, 5) is 12.5. The molecule has 1 aromatic carbocycles. The fraction of sp³-hybridized carbons (Fsp3) is 0.526. The normalized spacial score (nSPS) is 21.3. The van der Waals surface area contributed by atoms with E-state index in [2.05, 4.69) is 35.7 Å². The van der Waals surface area contributed by atoms with Gasteiger partial charge in [0.2, 0.25) is 5.91 Å². The average molecular weight is 283 g/mol. The number of amides is 1.